The third kappa shape index (κ3) is 6.83. The minimum atomic E-state index is -0.450. The summed E-state index contributed by atoms with van der Waals surface area (Å²) in [6.07, 6.45) is 0.486. The number of alkyl carbamates (subject to hydrolysis) is 1. The first-order valence-corrected chi connectivity index (χ1v) is 7.90. The van der Waals surface area contributed by atoms with Crippen molar-refractivity contribution in [2.24, 2.45) is 0 Å². The molecular weight excluding hydrogens is 276 g/mol. The molecular formula is C18H30N2O2. The van der Waals surface area contributed by atoms with E-state index in [9.17, 15) is 4.79 Å². The molecule has 0 saturated heterocycles. The maximum Gasteiger partial charge on any atom is 0.407 e. The SMILES string of the molecule is CC(C)(C)OC(=O)NCCCNc1ccccc1C(C)(C)C. The van der Waals surface area contributed by atoms with E-state index in [2.05, 4.69) is 49.6 Å². The summed E-state index contributed by atoms with van der Waals surface area (Å²) < 4.78 is 5.20. The van der Waals surface area contributed by atoms with E-state index in [4.69, 9.17) is 4.74 Å². The van der Waals surface area contributed by atoms with E-state index in [0.29, 0.717) is 6.54 Å². The number of nitrogens with one attached hydrogen (secondary N) is 2. The molecule has 1 rings (SSSR count). The number of rotatable bonds is 5. The zero-order chi connectivity index (χ0) is 16.8. The van der Waals surface area contributed by atoms with Gasteiger partial charge in [0.05, 0.1) is 0 Å². The number of hydrogen-bond donors (Lipinski definition) is 2. The van der Waals surface area contributed by atoms with Crippen molar-refractivity contribution in [1.29, 1.82) is 0 Å². The van der Waals surface area contributed by atoms with Crippen LogP contribution in [0.5, 0.6) is 0 Å². The van der Waals surface area contributed by atoms with Crippen LogP contribution in [-0.4, -0.2) is 24.8 Å². The summed E-state index contributed by atoms with van der Waals surface area (Å²) >= 11 is 0. The maximum atomic E-state index is 11.5. The number of anilines is 1. The number of para-hydroxylation sites is 1. The first-order chi connectivity index (χ1) is 10.1. The van der Waals surface area contributed by atoms with Crippen LogP contribution in [-0.2, 0) is 10.2 Å². The molecule has 0 aliphatic carbocycles. The Labute approximate surface area is 134 Å². The first kappa shape index (κ1) is 18.3. The van der Waals surface area contributed by atoms with Crippen molar-refractivity contribution in [3.63, 3.8) is 0 Å². The zero-order valence-electron chi connectivity index (χ0n) is 14.7. The Morgan fingerprint density at radius 2 is 1.68 bits per heavy atom. The van der Waals surface area contributed by atoms with E-state index in [0.717, 1.165) is 18.7 Å². The Kier molecular flexibility index (Phi) is 6.27. The van der Waals surface area contributed by atoms with Gasteiger partial charge in [-0.25, -0.2) is 4.79 Å². The summed E-state index contributed by atoms with van der Waals surface area (Å²) in [5.74, 6) is 0. The van der Waals surface area contributed by atoms with Crippen molar-refractivity contribution in [3.8, 4) is 0 Å². The van der Waals surface area contributed by atoms with Crippen LogP contribution in [0.3, 0.4) is 0 Å². The Morgan fingerprint density at radius 3 is 2.27 bits per heavy atom. The predicted molar refractivity (Wildman–Crippen MR) is 92.5 cm³/mol. The van der Waals surface area contributed by atoms with Crippen LogP contribution in [0.2, 0.25) is 0 Å². The van der Waals surface area contributed by atoms with Crippen LogP contribution in [0.25, 0.3) is 0 Å². The topological polar surface area (TPSA) is 50.4 Å². The Balaban J connectivity index is 2.36. The summed E-state index contributed by atoms with van der Waals surface area (Å²) in [6, 6.07) is 8.36. The van der Waals surface area contributed by atoms with Crippen LogP contribution >= 0.6 is 0 Å². The molecule has 22 heavy (non-hydrogen) atoms. The van der Waals surface area contributed by atoms with Gasteiger partial charge < -0.3 is 15.4 Å². The van der Waals surface area contributed by atoms with Crippen molar-refractivity contribution >= 4 is 11.8 Å². The van der Waals surface area contributed by atoms with Crippen molar-refractivity contribution < 1.29 is 9.53 Å². The molecule has 0 spiro atoms. The molecule has 0 aromatic heterocycles. The second-order valence-electron chi connectivity index (χ2n) is 7.50. The molecule has 0 saturated carbocycles. The van der Waals surface area contributed by atoms with E-state index >= 15 is 0 Å². The van der Waals surface area contributed by atoms with E-state index in [1.54, 1.807) is 0 Å². The number of carbonyl (C=O) groups is 1. The minimum absolute atomic E-state index is 0.109. The van der Waals surface area contributed by atoms with Crippen molar-refractivity contribution in [2.75, 3.05) is 18.4 Å². The molecule has 1 amide bonds. The van der Waals surface area contributed by atoms with Crippen molar-refractivity contribution in [3.05, 3.63) is 29.8 Å². The normalized spacial score (nSPS) is 11.9. The highest BCUT2D eigenvalue weighted by Gasteiger charge is 2.17. The average Bonchev–Trinajstić information content (AvgIpc) is 2.35. The van der Waals surface area contributed by atoms with Gasteiger partial charge in [-0.15, -0.1) is 0 Å². The van der Waals surface area contributed by atoms with Crippen LogP contribution in [0, 0.1) is 0 Å². The lowest BCUT2D eigenvalue weighted by atomic mass is 9.86. The predicted octanol–water partition coefficient (Wildman–Crippen LogP) is 4.31. The van der Waals surface area contributed by atoms with Gasteiger partial charge in [-0.3, -0.25) is 0 Å². The summed E-state index contributed by atoms with van der Waals surface area (Å²) in [6.45, 7) is 13.6. The third-order valence-electron chi connectivity index (χ3n) is 3.07. The molecule has 2 N–H and O–H groups in total. The Bertz CT molecular complexity index is 485. The van der Waals surface area contributed by atoms with E-state index in [1.165, 1.54) is 5.56 Å². The fourth-order valence-electron chi connectivity index (χ4n) is 2.11. The Morgan fingerprint density at radius 1 is 1.05 bits per heavy atom. The van der Waals surface area contributed by atoms with Crippen LogP contribution in [0.4, 0.5) is 10.5 Å². The molecule has 0 atom stereocenters. The van der Waals surface area contributed by atoms with Gasteiger partial charge >= 0.3 is 6.09 Å². The van der Waals surface area contributed by atoms with Gasteiger partial charge in [0.2, 0.25) is 0 Å². The number of carbonyl (C=O) groups excluding carboxylic acids is 1. The largest absolute Gasteiger partial charge is 0.444 e. The number of hydrogen-bond acceptors (Lipinski definition) is 3. The molecule has 4 heteroatoms. The minimum Gasteiger partial charge on any atom is -0.444 e. The lowest BCUT2D eigenvalue weighted by molar-refractivity contribution is 0.0528. The van der Waals surface area contributed by atoms with Crippen LogP contribution in [0.15, 0.2) is 24.3 Å². The standard InChI is InChI=1S/C18H30N2O2/c1-17(2,3)14-10-7-8-11-15(14)19-12-9-13-20-16(21)22-18(4,5)6/h7-8,10-11,19H,9,12-13H2,1-6H3,(H,20,21). The average molecular weight is 306 g/mol. The van der Waals surface area contributed by atoms with E-state index in [-0.39, 0.29) is 11.5 Å². The van der Waals surface area contributed by atoms with Gasteiger partial charge in [0.1, 0.15) is 5.60 Å². The van der Waals surface area contributed by atoms with Gasteiger partial charge in [0, 0.05) is 18.8 Å². The number of amides is 1. The monoisotopic (exact) mass is 306 g/mol. The van der Waals surface area contributed by atoms with Crippen molar-refractivity contribution in [1.82, 2.24) is 5.32 Å². The summed E-state index contributed by atoms with van der Waals surface area (Å²) in [5, 5.41) is 6.22. The molecule has 0 unspecified atom stereocenters. The summed E-state index contributed by atoms with van der Waals surface area (Å²) in [7, 11) is 0. The highest BCUT2D eigenvalue weighted by Crippen LogP contribution is 2.29. The van der Waals surface area contributed by atoms with Gasteiger partial charge in [-0.2, -0.15) is 0 Å². The fraction of sp³-hybridized carbons (Fsp3) is 0.611. The molecule has 0 aliphatic rings. The van der Waals surface area contributed by atoms with Gasteiger partial charge in [-0.05, 0) is 44.2 Å². The van der Waals surface area contributed by atoms with Gasteiger partial charge in [0.15, 0.2) is 0 Å². The Hall–Kier alpha value is -1.71. The van der Waals surface area contributed by atoms with Gasteiger partial charge in [0.25, 0.3) is 0 Å². The van der Waals surface area contributed by atoms with E-state index < -0.39 is 5.60 Å². The molecule has 0 aliphatic heterocycles. The summed E-state index contributed by atoms with van der Waals surface area (Å²) in [4.78, 5) is 11.5. The smallest absolute Gasteiger partial charge is 0.407 e. The zero-order valence-corrected chi connectivity index (χ0v) is 14.7. The van der Waals surface area contributed by atoms with Gasteiger partial charge in [-0.1, -0.05) is 39.0 Å². The molecule has 1 aromatic carbocycles. The van der Waals surface area contributed by atoms with Crippen molar-refractivity contribution in [2.45, 2.75) is 59.0 Å². The van der Waals surface area contributed by atoms with E-state index in [1.807, 2.05) is 26.8 Å². The highest BCUT2D eigenvalue weighted by molar-refractivity contribution is 5.67. The number of ether oxygens (including phenoxy) is 1. The molecule has 0 bridgehead atoms. The lowest BCUT2D eigenvalue weighted by Gasteiger charge is -2.23. The second kappa shape index (κ2) is 7.52. The summed E-state index contributed by atoms with van der Waals surface area (Å²) in [5.41, 5.74) is 2.12. The number of benzene rings is 1. The molecule has 0 radical (unpaired) electrons. The van der Waals surface area contributed by atoms with Crippen LogP contribution < -0.4 is 10.6 Å². The molecule has 0 heterocycles. The molecule has 0 fully saturated rings. The first-order valence-electron chi connectivity index (χ1n) is 7.90. The highest BCUT2D eigenvalue weighted by atomic mass is 16.6. The quantitative estimate of drug-likeness (QED) is 0.797. The molecule has 124 valence electrons. The second-order valence-corrected chi connectivity index (χ2v) is 7.50. The fourth-order valence-corrected chi connectivity index (χ4v) is 2.11. The lowest BCUT2D eigenvalue weighted by Crippen LogP contribution is -2.33. The molecule has 4 nitrogen and oxygen atoms in total. The van der Waals surface area contributed by atoms with Crippen LogP contribution in [0.1, 0.15) is 53.5 Å². The molecule has 1 aromatic rings. The third-order valence-corrected chi connectivity index (χ3v) is 3.07. The maximum absolute atomic E-state index is 11.5.